The molecule has 0 unspecified atom stereocenters. The Hall–Kier alpha value is -1.46. The number of carbonyl (C=O) groups is 1. The van der Waals surface area contributed by atoms with Gasteiger partial charge >= 0.3 is 0 Å². The molecule has 4 nitrogen and oxygen atoms in total. The first-order valence-electron chi connectivity index (χ1n) is 6.10. The monoisotopic (exact) mass is 353 g/mol. The fraction of sp³-hybridized carbons (Fsp3) is 0.214. The lowest BCUT2D eigenvalue weighted by atomic mass is 10.2. The van der Waals surface area contributed by atoms with Crippen LogP contribution in [0.5, 0.6) is 0 Å². The summed E-state index contributed by atoms with van der Waals surface area (Å²) in [5, 5.41) is 3.06. The average Bonchev–Trinajstić information content (AvgIpc) is 2.42. The summed E-state index contributed by atoms with van der Waals surface area (Å²) in [6.07, 6.45) is 0.719. The van der Waals surface area contributed by atoms with Gasteiger partial charge in [0.1, 0.15) is 11.0 Å². The SMILES string of the molecule is CCc1cc(C(=O)Nc2ccc(Br)c(C)n2)cc(Cl)n1. The van der Waals surface area contributed by atoms with Crippen LogP contribution in [0.4, 0.5) is 5.82 Å². The molecule has 0 saturated heterocycles. The predicted molar refractivity (Wildman–Crippen MR) is 83.3 cm³/mol. The van der Waals surface area contributed by atoms with Crippen LogP contribution in [0.15, 0.2) is 28.7 Å². The van der Waals surface area contributed by atoms with E-state index in [-0.39, 0.29) is 5.91 Å². The van der Waals surface area contributed by atoms with Crippen LogP contribution in [0.25, 0.3) is 0 Å². The number of aryl methyl sites for hydroxylation is 2. The number of halogens is 2. The fourth-order valence-corrected chi connectivity index (χ4v) is 2.11. The maximum atomic E-state index is 12.2. The summed E-state index contributed by atoms with van der Waals surface area (Å²) in [6.45, 7) is 3.82. The van der Waals surface area contributed by atoms with Crippen molar-refractivity contribution in [3.8, 4) is 0 Å². The van der Waals surface area contributed by atoms with Gasteiger partial charge in [0.2, 0.25) is 0 Å². The number of aromatic nitrogens is 2. The van der Waals surface area contributed by atoms with Crippen LogP contribution in [0.3, 0.4) is 0 Å². The van der Waals surface area contributed by atoms with E-state index in [9.17, 15) is 4.79 Å². The number of rotatable bonds is 3. The number of anilines is 1. The molecule has 0 aliphatic carbocycles. The van der Waals surface area contributed by atoms with Crippen molar-refractivity contribution in [3.63, 3.8) is 0 Å². The second kappa shape index (κ2) is 6.33. The number of hydrogen-bond donors (Lipinski definition) is 1. The molecule has 0 radical (unpaired) electrons. The molecular weight excluding hydrogens is 342 g/mol. The van der Waals surface area contributed by atoms with Crippen molar-refractivity contribution in [2.75, 3.05) is 5.32 Å². The molecule has 2 rings (SSSR count). The van der Waals surface area contributed by atoms with Crippen molar-refractivity contribution in [2.24, 2.45) is 0 Å². The molecule has 0 bridgehead atoms. The Morgan fingerprint density at radius 3 is 2.75 bits per heavy atom. The molecule has 6 heteroatoms. The largest absolute Gasteiger partial charge is 0.307 e. The van der Waals surface area contributed by atoms with E-state index >= 15 is 0 Å². The average molecular weight is 355 g/mol. The van der Waals surface area contributed by atoms with Crippen LogP contribution in [0.1, 0.15) is 28.7 Å². The number of amides is 1. The van der Waals surface area contributed by atoms with Crippen LogP contribution in [-0.2, 0) is 6.42 Å². The third-order valence-corrected chi connectivity index (χ3v) is 3.77. The third-order valence-electron chi connectivity index (χ3n) is 2.73. The van der Waals surface area contributed by atoms with Crippen molar-refractivity contribution in [1.29, 1.82) is 0 Å². The molecule has 20 heavy (non-hydrogen) atoms. The molecule has 0 saturated carbocycles. The van der Waals surface area contributed by atoms with Gasteiger partial charge in [0, 0.05) is 15.7 Å². The highest BCUT2D eigenvalue weighted by atomic mass is 79.9. The highest BCUT2D eigenvalue weighted by Gasteiger charge is 2.10. The Morgan fingerprint density at radius 1 is 1.35 bits per heavy atom. The van der Waals surface area contributed by atoms with E-state index in [1.165, 1.54) is 0 Å². The van der Waals surface area contributed by atoms with Crippen molar-refractivity contribution in [1.82, 2.24) is 9.97 Å². The molecule has 0 aliphatic heterocycles. The first-order chi connectivity index (χ1) is 9.49. The standard InChI is InChI=1S/C14H13BrClN3O/c1-3-10-6-9(7-12(16)18-10)14(20)19-13-5-4-11(15)8(2)17-13/h4-7H,3H2,1-2H3,(H,17,19,20). The minimum Gasteiger partial charge on any atom is -0.307 e. The molecule has 1 amide bonds. The van der Waals surface area contributed by atoms with Crippen molar-refractivity contribution in [3.05, 3.63) is 50.8 Å². The Bertz CT molecular complexity index is 661. The van der Waals surface area contributed by atoms with E-state index < -0.39 is 0 Å². The summed E-state index contributed by atoms with van der Waals surface area (Å²) in [6, 6.07) is 6.85. The Balaban J connectivity index is 2.23. The second-order valence-corrected chi connectivity index (χ2v) is 5.48. The van der Waals surface area contributed by atoms with Crippen molar-refractivity contribution >= 4 is 39.3 Å². The number of nitrogens with zero attached hydrogens (tertiary/aromatic N) is 2. The van der Waals surface area contributed by atoms with Crippen molar-refractivity contribution < 1.29 is 4.79 Å². The normalized spacial score (nSPS) is 10.4. The summed E-state index contributed by atoms with van der Waals surface area (Å²) in [5.74, 6) is 0.250. The van der Waals surface area contributed by atoms with Gasteiger partial charge in [-0.3, -0.25) is 4.79 Å². The molecule has 0 aliphatic rings. The van der Waals surface area contributed by atoms with E-state index in [0.717, 1.165) is 22.3 Å². The summed E-state index contributed by atoms with van der Waals surface area (Å²) < 4.78 is 0.899. The number of nitrogens with one attached hydrogen (secondary N) is 1. The van der Waals surface area contributed by atoms with E-state index in [1.54, 1.807) is 18.2 Å². The summed E-state index contributed by atoms with van der Waals surface area (Å²) in [7, 11) is 0. The molecule has 2 aromatic rings. The van der Waals surface area contributed by atoms with Gasteiger partial charge in [-0.2, -0.15) is 0 Å². The Morgan fingerprint density at radius 2 is 2.10 bits per heavy atom. The maximum Gasteiger partial charge on any atom is 0.256 e. The quantitative estimate of drug-likeness (QED) is 0.847. The number of pyridine rings is 2. The fourth-order valence-electron chi connectivity index (χ4n) is 1.67. The van der Waals surface area contributed by atoms with Crippen LogP contribution in [0.2, 0.25) is 5.15 Å². The molecule has 0 fully saturated rings. The van der Waals surface area contributed by atoms with E-state index in [0.29, 0.717) is 16.5 Å². The lowest BCUT2D eigenvalue weighted by Crippen LogP contribution is -2.14. The molecule has 0 atom stereocenters. The third kappa shape index (κ3) is 3.55. The van der Waals surface area contributed by atoms with Gasteiger partial charge in [-0.05, 0) is 53.5 Å². The van der Waals surface area contributed by atoms with Crippen LogP contribution >= 0.6 is 27.5 Å². The minimum absolute atomic E-state index is 0.252. The van der Waals surface area contributed by atoms with E-state index in [1.807, 2.05) is 19.9 Å². The topological polar surface area (TPSA) is 54.9 Å². The summed E-state index contributed by atoms with van der Waals surface area (Å²) in [5.41, 5.74) is 2.07. The maximum absolute atomic E-state index is 12.2. The molecular formula is C14H13BrClN3O. The second-order valence-electron chi connectivity index (χ2n) is 4.24. The Kier molecular flexibility index (Phi) is 4.73. The van der Waals surface area contributed by atoms with Gasteiger partial charge in [-0.25, -0.2) is 9.97 Å². The van der Waals surface area contributed by atoms with E-state index in [2.05, 4.69) is 31.2 Å². The molecule has 0 aromatic carbocycles. The molecule has 0 spiro atoms. The molecule has 2 heterocycles. The van der Waals surface area contributed by atoms with Crippen molar-refractivity contribution in [2.45, 2.75) is 20.3 Å². The Labute approximate surface area is 130 Å². The number of hydrogen-bond acceptors (Lipinski definition) is 3. The van der Waals surface area contributed by atoms with Gasteiger partial charge in [0.15, 0.2) is 0 Å². The van der Waals surface area contributed by atoms with Gasteiger partial charge in [-0.15, -0.1) is 0 Å². The zero-order valence-corrected chi connectivity index (χ0v) is 13.4. The van der Waals surface area contributed by atoms with Gasteiger partial charge in [0.05, 0.1) is 5.69 Å². The zero-order chi connectivity index (χ0) is 14.7. The smallest absolute Gasteiger partial charge is 0.256 e. The summed E-state index contributed by atoms with van der Waals surface area (Å²) in [4.78, 5) is 20.6. The van der Waals surface area contributed by atoms with Crippen LogP contribution in [0, 0.1) is 6.92 Å². The lowest BCUT2D eigenvalue weighted by molar-refractivity contribution is 0.102. The molecule has 104 valence electrons. The first kappa shape index (κ1) is 14.9. The van der Waals surface area contributed by atoms with Gasteiger partial charge < -0.3 is 5.32 Å². The highest BCUT2D eigenvalue weighted by molar-refractivity contribution is 9.10. The van der Waals surface area contributed by atoms with E-state index in [4.69, 9.17) is 11.6 Å². The lowest BCUT2D eigenvalue weighted by Gasteiger charge is -2.07. The first-order valence-corrected chi connectivity index (χ1v) is 7.27. The van der Waals surface area contributed by atoms with Crippen LogP contribution in [-0.4, -0.2) is 15.9 Å². The number of carbonyl (C=O) groups excluding carboxylic acids is 1. The van der Waals surface area contributed by atoms with Gasteiger partial charge in [0.25, 0.3) is 5.91 Å². The molecule has 1 N–H and O–H groups in total. The highest BCUT2D eigenvalue weighted by Crippen LogP contribution is 2.17. The summed E-state index contributed by atoms with van der Waals surface area (Å²) >= 11 is 9.28. The predicted octanol–water partition coefficient (Wildman–Crippen LogP) is 4.02. The van der Waals surface area contributed by atoms with Crippen LogP contribution < -0.4 is 5.32 Å². The van der Waals surface area contributed by atoms with Gasteiger partial charge in [-0.1, -0.05) is 18.5 Å². The molecule has 2 aromatic heterocycles. The minimum atomic E-state index is -0.252. The zero-order valence-electron chi connectivity index (χ0n) is 11.1.